The average Bonchev–Trinajstić information content (AvgIpc) is 2.39. The number of halogens is 1. The zero-order valence-corrected chi connectivity index (χ0v) is 11.7. The Balaban J connectivity index is 2.17. The molecule has 5 heteroatoms. The number of carboxylic acids is 1. The number of nitrogens with zero attached hydrogens (tertiary/aromatic N) is 1. The fraction of sp³-hybridized carbons (Fsp3) is 0.500. The largest absolute Gasteiger partial charge is 0.478 e. The number of carboxylic acid groups (broad SMARTS) is 1. The maximum absolute atomic E-state index is 11.3. The Morgan fingerprint density at radius 3 is 3.00 bits per heavy atom. The van der Waals surface area contributed by atoms with Crippen LogP contribution >= 0.6 is 11.6 Å². The smallest absolute Gasteiger partial charge is 0.337 e. The Morgan fingerprint density at radius 2 is 2.37 bits per heavy atom. The second-order valence-electron chi connectivity index (χ2n) is 4.90. The average molecular weight is 284 g/mol. The van der Waals surface area contributed by atoms with Crippen molar-refractivity contribution in [2.24, 2.45) is 5.92 Å². The molecule has 0 saturated carbocycles. The lowest BCUT2D eigenvalue weighted by molar-refractivity contribution is 0.0576. The number of hydrogen-bond donors (Lipinski definition) is 1. The second-order valence-corrected chi connectivity index (χ2v) is 5.31. The van der Waals surface area contributed by atoms with E-state index in [2.05, 4.69) is 0 Å². The number of hydrogen-bond acceptors (Lipinski definition) is 3. The lowest BCUT2D eigenvalue weighted by atomic mass is 10.0. The van der Waals surface area contributed by atoms with Gasteiger partial charge in [-0.3, -0.25) is 0 Å². The minimum atomic E-state index is -0.954. The van der Waals surface area contributed by atoms with E-state index in [1.165, 1.54) is 0 Å². The summed E-state index contributed by atoms with van der Waals surface area (Å²) in [6, 6.07) is 4.96. The second kappa shape index (κ2) is 6.26. The third kappa shape index (κ3) is 3.39. The van der Waals surface area contributed by atoms with Gasteiger partial charge in [0.2, 0.25) is 0 Å². The van der Waals surface area contributed by atoms with Crippen LogP contribution in [0.25, 0.3) is 0 Å². The molecule has 1 fully saturated rings. The predicted octanol–water partition coefficient (Wildman–Crippen LogP) is 2.90. The van der Waals surface area contributed by atoms with E-state index in [0.717, 1.165) is 32.6 Å². The molecule has 0 aliphatic carbocycles. The SMILES string of the molecule is CN(CC1CCCOC1)c1c(Cl)cccc1C(=O)O. The first kappa shape index (κ1) is 14.2. The molecule has 0 spiro atoms. The van der Waals surface area contributed by atoms with Gasteiger partial charge in [0.15, 0.2) is 0 Å². The molecule has 1 atom stereocenters. The number of ether oxygens (including phenoxy) is 1. The van der Waals surface area contributed by atoms with E-state index in [9.17, 15) is 9.90 Å². The molecule has 1 unspecified atom stereocenters. The van der Waals surface area contributed by atoms with Gasteiger partial charge in [-0.25, -0.2) is 4.79 Å². The summed E-state index contributed by atoms with van der Waals surface area (Å²) in [5.74, 6) is -0.527. The van der Waals surface area contributed by atoms with Gasteiger partial charge in [0.1, 0.15) is 0 Å². The third-order valence-corrected chi connectivity index (χ3v) is 3.69. The highest BCUT2D eigenvalue weighted by Gasteiger charge is 2.21. The maximum atomic E-state index is 11.3. The molecule has 0 bridgehead atoms. The molecule has 0 amide bonds. The van der Waals surface area contributed by atoms with Crippen molar-refractivity contribution in [3.63, 3.8) is 0 Å². The van der Waals surface area contributed by atoms with Crippen molar-refractivity contribution in [2.75, 3.05) is 31.7 Å². The zero-order chi connectivity index (χ0) is 13.8. The van der Waals surface area contributed by atoms with E-state index in [0.29, 0.717) is 16.6 Å². The highest BCUT2D eigenvalue weighted by Crippen LogP contribution is 2.30. The van der Waals surface area contributed by atoms with Gasteiger partial charge in [0.05, 0.1) is 22.9 Å². The topological polar surface area (TPSA) is 49.8 Å². The van der Waals surface area contributed by atoms with Crippen LogP contribution in [0.4, 0.5) is 5.69 Å². The maximum Gasteiger partial charge on any atom is 0.337 e. The van der Waals surface area contributed by atoms with E-state index in [1.807, 2.05) is 11.9 Å². The highest BCUT2D eigenvalue weighted by molar-refractivity contribution is 6.34. The molecule has 1 saturated heterocycles. The molecule has 0 aromatic heterocycles. The molecule has 1 aliphatic rings. The minimum Gasteiger partial charge on any atom is -0.478 e. The van der Waals surface area contributed by atoms with Gasteiger partial charge in [-0.15, -0.1) is 0 Å². The van der Waals surface area contributed by atoms with Crippen LogP contribution in [0.1, 0.15) is 23.2 Å². The minimum absolute atomic E-state index is 0.242. The molecule has 2 rings (SSSR count). The predicted molar refractivity (Wildman–Crippen MR) is 75.2 cm³/mol. The molecular weight excluding hydrogens is 266 g/mol. The van der Waals surface area contributed by atoms with Gasteiger partial charge in [-0.2, -0.15) is 0 Å². The summed E-state index contributed by atoms with van der Waals surface area (Å²) in [6.07, 6.45) is 2.17. The Morgan fingerprint density at radius 1 is 1.58 bits per heavy atom. The summed E-state index contributed by atoms with van der Waals surface area (Å²) in [7, 11) is 1.88. The van der Waals surface area contributed by atoms with Crippen LogP contribution in [0.15, 0.2) is 18.2 Å². The number of rotatable bonds is 4. The Bertz CT molecular complexity index is 458. The van der Waals surface area contributed by atoms with Gasteiger partial charge in [0, 0.05) is 20.2 Å². The molecule has 1 heterocycles. The monoisotopic (exact) mass is 283 g/mol. The van der Waals surface area contributed by atoms with Gasteiger partial charge in [0.25, 0.3) is 0 Å². The van der Waals surface area contributed by atoms with E-state index in [4.69, 9.17) is 16.3 Å². The lowest BCUT2D eigenvalue weighted by Gasteiger charge is -2.29. The summed E-state index contributed by atoms with van der Waals surface area (Å²) >= 11 is 6.15. The lowest BCUT2D eigenvalue weighted by Crippen LogP contribution is -2.31. The fourth-order valence-electron chi connectivity index (χ4n) is 2.51. The Labute approximate surface area is 117 Å². The van der Waals surface area contributed by atoms with Crippen LogP contribution < -0.4 is 4.90 Å². The molecule has 0 radical (unpaired) electrons. The summed E-state index contributed by atoms with van der Waals surface area (Å²) < 4.78 is 5.45. The Kier molecular flexibility index (Phi) is 4.66. The highest BCUT2D eigenvalue weighted by atomic mass is 35.5. The van der Waals surface area contributed by atoms with Crippen molar-refractivity contribution in [1.82, 2.24) is 0 Å². The molecule has 1 aliphatic heterocycles. The van der Waals surface area contributed by atoms with Crippen molar-refractivity contribution in [3.8, 4) is 0 Å². The van der Waals surface area contributed by atoms with Gasteiger partial charge in [-0.1, -0.05) is 17.7 Å². The van der Waals surface area contributed by atoms with Crippen molar-refractivity contribution in [3.05, 3.63) is 28.8 Å². The first-order valence-corrected chi connectivity index (χ1v) is 6.78. The normalized spacial score (nSPS) is 19.2. The fourth-order valence-corrected chi connectivity index (χ4v) is 2.82. The van der Waals surface area contributed by atoms with Crippen molar-refractivity contribution in [2.45, 2.75) is 12.8 Å². The molecular formula is C14H18ClNO3. The first-order valence-electron chi connectivity index (χ1n) is 6.40. The number of carbonyl (C=O) groups is 1. The van der Waals surface area contributed by atoms with E-state index in [-0.39, 0.29) is 5.56 Å². The van der Waals surface area contributed by atoms with Crippen LogP contribution in [0, 0.1) is 5.92 Å². The molecule has 1 N–H and O–H groups in total. The molecule has 4 nitrogen and oxygen atoms in total. The quantitative estimate of drug-likeness (QED) is 0.923. The molecule has 104 valence electrons. The summed E-state index contributed by atoms with van der Waals surface area (Å²) in [5.41, 5.74) is 0.828. The molecule has 1 aromatic rings. The summed E-state index contributed by atoms with van der Waals surface area (Å²) in [5, 5.41) is 9.71. The van der Waals surface area contributed by atoms with E-state index in [1.54, 1.807) is 18.2 Å². The first-order chi connectivity index (χ1) is 9.09. The van der Waals surface area contributed by atoms with Crippen molar-refractivity contribution in [1.29, 1.82) is 0 Å². The zero-order valence-electron chi connectivity index (χ0n) is 10.9. The van der Waals surface area contributed by atoms with Gasteiger partial charge < -0.3 is 14.7 Å². The van der Waals surface area contributed by atoms with Gasteiger partial charge >= 0.3 is 5.97 Å². The van der Waals surface area contributed by atoms with Crippen molar-refractivity contribution >= 4 is 23.3 Å². The summed E-state index contributed by atoms with van der Waals surface area (Å²) in [4.78, 5) is 13.2. The Hall–Kier alpha value is -1.26. The van der Waals surface area contributed by atoms with Crippen LogP contribution in [-0.2, 0) is 4.74 Å². The molecule has 1 aromatic carbocycles. The van der Waals surface area contributed by atoms with E-state index < -0.39 is 5.97 Å². The standard InChI is InChI=1S/C14H18ClNO3/c1-16(8-10-4-3-7-19-9-10)13-11(14(17)18)5-2-6-12(13)15/h2,5-6,10H,3-4,7-9H2,1H3,(H,17,18). The van der Waals surface area contributed by atoms with Crippen molar-refractivity contribution < 1.29 is 14.6 Å². The number of anilines is 1. The van der Waals surface area contributed by atoms with Crippen LogP contribution in [0.5, 0.6) is 0 Å². The van der Waals surface area contributed by atoms with Crippen LogP contribution in [-0.4, -0.2) is 37.9 Å². The third-order valence-electron chi connectivity index (χ3n) is 3.39. The van der Waals surface area contributed by atoms with Crippen LogP contribution in [0.2, 0.25) is 5.02 Å². The van der Waals surface area contributed by atoms with Crippen LogP contribution in [0.3, 0.4) is 0 Å². The number of benzene rings is 1. The summed E-state index contributed by atoms with van der Waals surface area (Å²) in [6.45, 7) is 2.31. The number of para-hydroxylation sites is 1. The number of aromatic carboxylic acids is 1. The van der Waals surface area contributed by atoms with E-state index >= 15 is 0 Å². The molecule has 19 heavy (non-hydrogen) atoms. The van der Waals surface area contributed by atoms with Gasteiger partial charge in [-0.05, 0) is 30.9 Å².